The van der Waals surface area contributed by atoms with Gasteiger partial charge in [0.05, 0.1) is 14.2 Å². The SMILES string of the molecule is COC(=O)[C@H](C)NC(=O)[C@@H]1CCC[C@H](C(=O)OC)ON1. The van der Waals surface area contributed by atoms with Gasteiger partial charge in [0.15, 0.2) is 6.10 Å². The lowest BCUT2D eigenvalue weighted by molar-refractivity contribution is -0.161. The van der Waals surface area contributed by atoms with E-state index in [1.54, 1.807) is 0 Å². The molecule has 0 aromatic carbocycles. The van der Waals surface area contributed by atoms with Crippen molar-refractivity contribution in [2.24, 2.45) is 0 Å². The third-order valence-electron chi connectivity index (χ3n) is 3.01. The van der Waals surface area contributed by atoms with E-state index in [1.807, 2.05) is 0 Å². The van der Waals surface area contributed by atoms with Gasteiger partial charge in [0.2, 0.25) is 5.91 Å². The van der Waals surface area contributed by atoms with Crippen LogP contribution in [0.4, 0.5) is 0 Å². The second kappa shape index (κ2) is 7.81. The van der Waals surface area contributed by atoms with E-state index in [0.717, 1.165) is 0 Å². The predicted molar refractivity (Wildman–Crippen MR) is 67.3 cm³/mol. The van der Waals surface area contributed by atoms with Crippen LogP contribution in [0.25, 0.3) is 0 Å². The normalized spacial score (nSPS) is 24.1. The van der Waals surface area contributed by atoms with E-state index in [9.17, 15) is 14.4 Å². The summed E-state index contributed by atoms with van der Waals surface area (Å²) in [5, 5.41) is 2.51. The number of hydrogen-bond donors (Lipinski definition) is 2. The number of ether oxygens (including phenoxy) is 2. The van der Waals surface area contributed by atoms with Gasteiger partial charge in [-0.25, -0.2) is 9.59 Å². The quantitative estimate of drug-likeness (QED) is 0.658. The van der Waals surface area contributed by atoms with Crippen LogP contribution >= 0.6 is 0 Å². The summed E-state index contributed by atoms with van der Waals surface area (Å²) in [5.41, 5.74) is 2.54. The van der Waals surface area contributed by atoms with E-state index in [0.29, 0.717) is 19.3 Å². The van der Waals surface area contributed by atoms with Crippen molar-refractivity contribution in [2.75, 3.05) is 14.2 Å². The molecule has 1 aliphatic heterocycles. The first kappa shape index (κ1) is 16.4. The largest absolute Gasteiger partial charge is 0.467 e. The Hall–Kier alpha value is -1.67. The van der Waals surface area contributed by atoms with Gasteiger partial charge in [-0.05, 0) is 26.2 Å². The molecule has 1 heterocycles. The highest BCUT2D eigenvalue weighted by molar-refractivity contribution is 5.87. The molecule has 0 bridgehead atoms. The van der Waals surface area contributed by atoms with E-state index < -0.39 is 30.1 Å². The van der Waals surface area contributed by atoms with E-state index in [4.69, 9.17) is 4.84 Å². The summed E-state index contributed by atoms with van der Waals surface area (Å²) in [6, 6.07) is -1.37. The minimum atomic E-state index is -0.742. The second-order valence-corrected chi connectivity index (χ2v) is 4.48. The van der Waals surface area contributed by atoms with Gasteiger partial charge in [0.1, 0.15) is 12.1 Å². The first-order valence-corrected chi connectivity index (χ1v) is 6.36. The highest BCUT2D eigenvalue weighted by Crippen LogP contribution is 2.13. The molecule has 0 unspecified atom stereocenters. The number of hydrogen-bond acceptors (Lipinski definition) is 7. The zero-order valence-corrected chi connectivity index (χ0v) is 11.8. The van der Waals surface area contributed by atoms with Gasteiger partial charge in [-0.2, -0.15) is 5.48 Å². The predicted octanol–water partition coefficient (Wildman–Crippen LogP) is -0.721. The summed E-state index contributed by atoms with van der Waals surface area (Å²) in [6.45, 7) is 1.53. The van der Waals surface area contributed by atoms with Crippen molar-refractivity contribution in [2.45, 2.75) is 44.4 Å². The Balaban J connectivity index is 2.50. The van der Waals surface area contributed by atoms with Crippen molar-refractivity contribution in [3.8, 4) is 0 Å². The molecule has 20 heavy (non-hydrogen) atoms. The molecule has 1 amide bonds. The lowest BCUT2D eigenvalue weighted by Crippen LogP contribution is -2.49. The van der Waals surface area contributed by atoms with Crippen molar-refractivity contribution in [1.29, 1.82) is 0 Å². The van der Waals surface area contributed by atoms with Gasteiger partial charge < -0.3 is 14.8 Å². The van der Waals surface area contributed by atoms with Crippen LogP contribution in [0, 0.1) is 0 Å². The summed E-state index contributed by atoms with van der Waals surface area (Å²) in [4.78, 5) is 39.7. The second-order valence-electron chi connectivity index (χ2n) is 4.48. The van der Waals surface area contributed by atoms with Crippen LogP contribution in [0.2, 0.25) is 0 Å². The molecule has 1 saturated heterocycles. The smallest absolute Gasteiger partial charge is 0.337 e. The van der Waals surface area contributed by atoms with Gasteiger partial charge in [-0.3, -0.25) is 9.63 Å². The van der Waals surface area contributed by atoms with E-state index in [-0.39, 0.29) is 5.91 Å². The van der Waals surface area contributed by atoms with Gasteiger partial charge in [0, 0.05) is 0 Å². The number of nitrogens with one attached hydrogen (secondary N) is 2. The molecule has 8 heteroatoms. The topological polar surface area (TPSA) is 103 Å². The molecule has 2 N–H and O–H groups in total. The fourth-order valence-corrected chi connectivity index (χ4v) is 1.82. The number of methoxy groups -OCH3 is 2. The van der Waals surface area contributed by atoms with Crippen LogP contribution in [0.1, 0.15) is 26.2 Å². The Bertz CT molecular complexity index is 373. The molecule has 1 fully saturated rings. The Morgan fingerprint density at radius 3 is 2.55 bits per heavy atom. The molecule has 0 spiro atoms. The number of rotatable bonds is 4. The molecule has 0 aliphatic carbocycles. The van der Waals surface area contributed by atoms with E-state index in [2.05, 4.69) is 20.3 Å². The molecular formula is C12H20N2O6. The van der Waals surface area contributed by atoms with Crippen molar-refractivity contribution < 1.29 is 28.7 Å². The molecule has 1 rings (SSSR count). The number of carbonyl (C=O) groups excluding carboxylic acids is 3. The Kier molecular flexibility index (Phi) is 6.40. The van der Waals surface area contributed by atoms with Gasteiger partial charge in [-0.15, -0.1) is 0 Å². The molecular weight excluding hydrogens is 268 g/mol. The Morgan fingerprint density at radius 2 is 1.95 bits per heavy atom. The maximum absolute atomic E-state index is 12.0. The van der Waals surface area contributed by atoms with Crippen LogP contribution in [-0.2, 0) is 28.7 Å². The van der Waals surface area contributed by atoms with Crippen molar-refractivity contribution in [3.05, 3.63) is 0 Å². The van der Waals surface area contributed by atoms with Crippen molar-refractivity contribution >= 4 is 17.8 Å². The summed E-state index contributed by atoms with van der Waals surface area (Å²) in [5.74, 6) is -1.39. The summed E-state index contributed by atoms with van der Waals surface area (Å²) in [6.07, 6.45) is 0.858. The third kappa shape index (κ3) is 4.46. The molecule has 0 saturated carbocycles. The molecule has 3 atom stereocenters. The molecule has 0 aromatic rings. The number of amides is 1. The molecule has 114 valence electrons. The highest BCUT2D eigenvalue weighted by Gasteiger charge is 2.29. The van der Waals surface area contributed by atoms with E-state index in [1.165, 1.54) is 21.1 Å². The average Bonchev–Trinajstić information content (AvgIpc) is 2.71. The van der Waals surface area contributed by atoms with Gasteiger partial charge in [-0.1, -0.05) is 0 Å². The number of carbonyl (C=O) groups is 3. The first-order valence-electron chi connectivity index (χ1n) is 6.36. The first-order chi connectivity index (χ1) is 9.49. The van der Waals surface area contributed by atoms with Crippen LogP contribution in [0.3, 0.4) is 0 Å². The van der Waals surface area contributed by atoms with Crippen LogP contribution < -0.4 is 10.8 Å². The lowest BCUT2D eigenvalue weighted by Gasteiger charge is -2.18. The maximum atomic E-state index is 12.0. The maximum Gasteiger partial charge on any atom is 0.337 e. The molecule has 0 radical (unpaired) electrons. The summed E-state index contributed by atoms with van der Waals surface area (Å²) in [7, 11) is 2.53. The van der Waals surface area contributed by atoms with Crippen LogP contribution in [0.15, 0.2) is 0 Å². The zero-order chi connectivity index (χ0) is 15.1. The summed E-state index contributed by atoms with van der Waals surface area (Å²) < 4.78 is 9.11. The number of hydroxylamine groups is 1. The molecule has 8 nitrogen and oxygen atoms in total. The van der Waals surface area contributed by atoms with Crippen molar-refractivity contribution in [3.63, 3.8) is 0 Å². The Labute approximate surface area is 117 Å². The van der Waals surface area contributed by atoms with Crippen molar-refractivity contribution in [1.82, 2.24) is 10.8 Å². The standard InChI is InChI=1S/C12H20N2O6/c1-7(11(16)18-2)13-10(15)8-5-4-6-9(20-14-8)12(17)19-3/h7-9,14H,4-6H2,1-3H3,(H,13,15)/t7-,8-,9+/m0/s1. The van der Waals surface area contributed by atoms with Gasteiger partial charge >= 0.3 is 11.9 Å². The Morgan fingerprint density at radius 1 is 1.25 bits per heavy atom. The highest BCUT2D eigenvalue weighted by atomic mass is 16.7. The fourth-order valence-electron chi connectivity index (χ4n) is 1.82. The zero-order valence-electron chi connectivity index (χ0n) is 11.8. The molecule has 0 aromatic heterocycles. The third-order valence-corrected chi connectivity index (χ3v) is 3.01. The summed E-state index contributed by atoms with van der Waals surface area (Å²) >= 11 is 0. The average molecular weight is 288 g/mol. The molecule has 1 aliphatic rings. The van der Waals surface area contributed by atoms with Crippen LogP contribution in [0.5, 0.6) is 0 Å². The van der Waals surface area contributed by atoms with Gasteiger partial charge in [0.25, 0.3) is 0 Å². The minimum absolute atomic E-state index is 0.381. The lowest BCUT2D eigenvalue weighted by atomic mass is 10.1. The monoisotopic (exact) mass is 288 g/mol. The minimum Gasteiger partial charge on any atom is -0.467 e. The fraction of sp³-hybridized carbons (Fsp3) is 0.750. The number of esters is 2. The van der Waals surface area contributed by atoms with E-state index >= 15 is 0 Å². The van der Waals surface area contributed by atoms with Crippen LogP contribution in [-0.4, -0.2) is 50.3 Å².